The van der Waals surface area contributed by atoms with Crippen molar-refractivity contribution in [2.24, 2.45) is 5.92 Å². The molecule has 1 aromatic carbocycles. The van der Waals surface area contributed by atoms with E-state index in [0.717, 1.165) is 38.3 Å². The molecule has 2 fully saturated rings. The lowest BCUT2D eigenvalue weighted by molar-refractivity contribution is -0.137. The maximum atomic E-state index is 12.5. The van der Waals surface area contributed by atoms with Gasteiger partial charge in [-0.1, -0.05) is 6.42 Å². The molecule has 3 atom stereocenters. The number of alkyl halides is 3. The van der Waals surface area contributed by atoms with Gasteiger partial charge in [0.15, 0.2) is 0 Å². The number of ether oxygens (including phenoxy) is 2. The first-order valence-corrected chi connectivity index (χ1v) is 8.88. The number of hydrogen-bond acceptors (Lipinski definition) is 4. The minimum absolute atomic E-state index is 0.407. The summed E-state index contributed by atoms with van der Waals surface area (Å²) in [6.07, 6.45) is -0.768. The number of morpholine rings is 1. The van der Waals surface area contributed by atoms with Crippen molar-refractivity contribution in [3.8, 4) is 5.75 Å². The van der Waals surface area contributed by atoms with Crippen LogP contribution >= 0.6 is 0 Å². The van der Waals surface area contributed by atoms with Crippen LogP contribution in [0.2, 0.25) is 0 Å². The minimum atomic E-state index is -4.31. The maximum absolute atomic E-state index is 12.5. The summed E-state index contributed by atoms with van der Waals surface area (Å²) in [4.78, 5) is 0. The second-order valence-corrected chi connectivity index (χ2v) is 6.66. The van der Waals surface area contributed by atoms with Crippen molar-refractivity contribution in [2.75, 3.05) is 32.9 Å². The van der Waals surface area contributed by atoms with E-state index in [1.807, 2.05) is 0 Å². The number of rotatable bonds is 6. The predicted octanol–water partition coefficient (Wildman–Crippen LogP) is 2.83. The van der Waals surface area contributed by atoms with Gasteiger partial charge in [0.25, 0.3) is 0 Å². The third-order valence-electron chi connectivity index (χ3n) is 5.00. The highest BCUT2D eigenvalue weighted by atomic mass is 19.4. The van der Waals surface area contributed by atoms with Crippen molar-refractivity contribution >= 4 is 0 Å². The van der Waals surface area contributed by atoms with Crippen LogP contribution in [0, 0.1) is 5.92 Å². The number of benzene rings is 1. The summed E-state index contributed by atoms with van der Waals surface area (Å²) < 4.78 is 48.7. The van der Waals surface area contributed by atoms with Gasteiger partial charge in [-0.15, -0.1) is 0 Å². The Kier molecular flexibility index (Phi) is 6.19. The van der Waals surface area contributed by atoms with Crippen LogP contribution in [0.4, 0.5) is 13.2 Å². The lowest BCUT2D eigenvalue weighted by atomic mass is 9.94. The van der Waals surface area contributed by atoms with Gasteiger partial charge in [0.2, 0.25) is 0 Å². The SMILES string of the molecule is FC(F)(F)c1ccc(OCCNC2CCCC2C2COCCN2)cc1. The zero-order valence-corrected chi connectivity index (χ0v) is 14.1. The molecule has 1 saturated heterocycles. The van der Waals surface area contributed by atoms with Gasteiger partial charge < -0.3 is 20.1 Å². The average molecular weight is 358 g/mol. The molecule has 1 heterocycles. The van der Waals surface area contributed by atoms with E-state index in [-0.39, 0.29) is 0 Å². The van der Waals surface area contributed by atoms with Gasteiger partial charge >= 0.3 is 6.18 Å². The van der Waals surface area contributed by atoms with Crippen molar-refractivity contribution in [3.63, 3.8) is 0 Å². The largest absolute Gasteiger partial charge is 0.492 e. The van der Waals surface area contributed by atoms with Gasteiger partial charge in [-0.05, 0) is 43.0 Å². The van der Waals surface area contributed by atoms with Crippen LogP contribution in [-0.2, 0) is 10.9 Å². The second kappa shape index (κ2) is 8.38. The highest BCUT2D eigenvalue weighted by Crippen LogP contribution is 2.31. The zero-order valence-electron chi connectivity index (χ0n) is 14.1. The molecule has 1 aromatic rings. The molecule has 0 radical (unpaired) electrons. The van der Waals surface area contributed by atoms with E-state index in [9.17, 15) is 13.2 Å². The smallest absolute Gasteiger partial charge is 0.416 e. The number of hydrogen-bond donors (Lipinski definition) is 2. The molecule has 3 rings (SSSR count). The first kappa shape index (κ1) is 18.5. The molecule has 140 valence electrons. The Bertz CT molecular complexity index is 530. The van der Waals surface area contributed by atoms with Crippen molar-refractivity contribution in [1.82, 2.24) is 10.6 Å². The van der Waals surface area contributed by atoms with Crippen LogP contribution in [0.15, 0.2) is 24.3 Å². The quantitative estimate of drug-likeness (QED) is 0.768. The Morgan fingerprint density at radius 2 is 2.00 bits per heavy atom. The normalized spacial score (nSPS) is 27.4. The van der Waals surface area contributed by atoms with Crippen LogP contribution in [0.3, 0.4) is 0 Å². The average Bonchev–Trinajstić information content (AvgIpc) is 3.08. The van der Waals surface area contributed by atoms with Crippen molar-refractivity contribution in [1.29, 1.82) is 0 Å². The Labute approximate surface area is 146 Å². The summed E-state index contributed by atoms with van der Waals surface area (Å²) in [5, 5.41) is 7.07. The molecule has 1 aliphatic carbocycles. The summed E-state index contributed by atoms with van der Waals surface area (Å²) in [5.74, 6) is 1.02. The maximum Gasteiger partial charge on any atom is 0.416 e. The van der Waals surface area contributed by atoms with E-state index in [0.29, 0.717) is 36.9 Å². The Hall–Kier alpha value is -1.31. The predicted molar refractivity (Wildman–Crippen MR) is 88.7 cm³/mol. The Morgan fingerprint density at radius 3 is 2.68 bits per heavy atom. The molecule has 0 aromatic heterocycles. The van der Waals surface area contributed by atoms with E-state index in [1.165, 1.54) is 25.0 Å². The zero-order chi connectivity index (χ0) is 17.7. The first-order chi connectivity index (χ1) is 12.0. The monoisotopic (exact) mass is 358 g/mol. The summed E-state index contributed by atoms with van der Waals surface area (Å²) in [6, 6.07) is 5.67. The Morgan fingerprint density at radius 1 is 1.20 bits per heavy atom. The number of halogens is 3. The highest BCUT2D eigenvalue weighted by Gasteiger charge is 2.34. The van der Waals surface area contributed by atoms with E-state index < -0.39 is 11.7 Å². The van der Waals surface area contributed by atoms with Gasteiger partial charge in [-0.3, -0.25) is 0 Å². The van der Waals surface area contributed by atoms with Gasteiger partial charge in [0.1, 0.15) is 12.4 Å². The third-order valence-corrected chi connectivity index (χ3v) is 5.00. The van der Waals surface area contributed by atoms with Crippen molar-refractivity contribution in [2.45, 2.75) is 37.5 Å². The van der Waals surface area contributed by atoms with Crippen molar-refractivity contribution < 1.29 is 22.6 Å². The van der Waals surface area contributed by atoms with Crippen LogP contribution in [0.5, 0.6) is 5.75 Å². The van der Waals surface area contributed by atoms with Crippen LogP contribution < -0.4 is 15.4 Å². The van der Waals surface area contributed by atoms with E-state index in [2.05, 4.69) is 10.6 Å². The lowest BCUT2D eigenvalue weighted by Gasteiger charge is -2.33. The van der Waals surface area contributed by atoms with Gasteiger partial charge in [0.05, 0.1) is 18.8 Å². The van der Waals surface area contributed by atoms with Gasteiger partial charge in [-0.25, -0.2) is 0 Å². The Balaban J connectivity index is 1.40. The third kappa shape index (κ3) is 5.09. The molecule has 2 aliphatic rings. The summed E-state index contributed by atoms with van der Waals surface area (Å²) in [5.41, 5.74) is -0.658. The molecule has 2 N–H and O–H groups in total. The minimum Gasteiger partial charge on any atom is -0.492 e. The number of nitrogens with one attached hydrogen (secondary N) is 2. The molecule has 7 heteroatoms. The van der Waals surface area contributed by atoms with Gasteiger partial charge in [-0.2, -0.15) is 13.2 Å². The fourth-order valence-electron chi connectivity index (χ4n) is 3.74. The molecule has 1 aliphatic heterocycles. The summed E-state index contributed by atoms with van der Waals surface area (Å²) in [7, 11) is 0. The standard InChI is InChI=1S/C18H25F3N2O2/c19-18(20,21)13-4-6-14(7-5-13)25-11-9-22-16-3-1-2-15(16)17-12-24-10-8-23-17/h4-7,15-17,22-23H,1-3,8-12H2. The highest BCUT2D eigenvalue weighted by molar-refractivity contribution is 5.28. The van der Waals surface area contributed by atoms with Gasteiger partial charge in [0, 0.05) is 25.2 Å². The first-order valence-electron chi connectivity index (χ1n) is 8.88. The topological polar surface area (TPSA) is 42.5 Å². The molecule has 4 nitrogen and oxygen atoms in total. The molecule has 0 bridgehead atoms. The van der Waals surface area contributed by atoms with Crippen molar-refractivity contribution in [3.05, 3.63) is 29.8 Å². The fraction of sp³-hybridized carbons (Fsp3) is 0.667. The van der Waals surface area contributed by atoms with Crippen LogP contribution in [0.25, 0.3) is 0 Å². The summed E-state index contributed by atoms with van der Waals surface area (Å²) in [6.45, 7) is 3.57. The van der Waals surface area contributed by atoms with E-state index in [1.54, 1.807) is 0 Å². The molecule has 0 amide bonds. The molecular formula is C18H25F3N2O2. The second-order valence-electron chi connectivity index (χ2n) is 6.66. The molecular weight excluding hydrogens is 333 g/mol. The van der Waals surface area contributed by atoms with E-state index >= 15 is 0 Å². The van der Waals surface area contributed by atoms with Crippen LogP contribution in [-0.4, -0.2) is 45.0 Å². The summed E-state index contributed by atoms with van der Waals surface area (Å²) >= 11 is 0. The fourth-order valence-corrected chi connectivity index (χ4v) is 3.74. The lowest BCUT2D eigenvalue weighted by Crippen LogP contribution is -2.51. The molecule has 25 heavy (non-hydrogen) atoms. The molecule has 1 saturated carbocycles. The van der Waals surface area contributed by atoms with E-state index in [4.69, 9.17) is 9.47 Å². The molecule has 0 spiro atoms. The van der Waals surface area contributed by atoms with Crippen LogP contribution in [0.1, 0.15) is 24.8 Å². The molecule has 3 unspecified atom stereocenters.